The number of methoxy groups -OCH3 is 1. The molecule has 8 nitrogen and oxygen atoms in total. The molecular formula is C29H28BrClN4O4S. The number of hydrogen-bond donors (Lipinski definition) is 1. The van der Waals surface area contributed by atoms with Crippen molar-refractivity contribution in [1.82, 2.24) is 9.99 Å². The first-order valence-corrected chi connectivity index (χ1v) is 14.8. The molecule has 0 bridgehead atoms. The second-order valence-corrected chi connectivity index (χ2v) is 12.2. The zero-order valence-electron chi connectivity index (χ0n) is 22.4. The predicted molar refractivity (Wildman–Crippen MR) is 162 cm³/mol. The van der Waals surface area contributed by atoms with Crippen molar-refractivity contribution in [2.45, 2.75) is 25.7 Å². The SMILES string of the molecule is COc1ccc(S(=O)(=O)N(CC(=O)N/N=C\c2cc(C)n(-c3cccc(Cl)c3)c2C)c2ccc(C)cc2)cc1Br. The van der Waals surface area contributed by atoms with Gasteiger partial charge in [-0.2, -0.15) is 5.10 Å². The summed E-state index contributed by atoms with van der Waals surface area (Å²) in [6.45, 7) is 5.32. The first-order valence-electron chi connectivity index (χ1n) is 12.2. The van der Waals surface area contributed by atoms with Crippen LogP contribution in [0.15, 0.2) is 87.3 Å². The van der Waals surface area contributed by atoms with Crippen molar-refractivity contribution in [1.29, 1.82) is 0 Å². The van der Waals surface area contributed by atoms with Crippen LogP contribution in [0, 0.1) is 20.8 Å². The van der Waals surface area contributed by atoms with Crippen LogP contribution in [0.2, 0.25) is 5.02 Å². The molecule has 0 aliphatic carbocycles. The van der Waals surface area contributed by atoms with Gasteiger partial charge in [0.25, 0.3) is 15.9 Å². The first-order chi connectivity index (χ1) is 19.0. The minimum absolute atomic E-state index is 0.00510. The molecular weight excluding hydrogens is 616 g/mol. The van der Waals surface area contributed by atoms with Crippen molar-refractivity contribution in [2.24, 2.45) is 5.10 Å². The van der Waals surface area contributed by atoms with E-state index in [9.17, 15) is 13.2 Å². The van der Waals surface area contributed by atoms with E-state index in [1.807, 2.05) is 55.7 Å². The molecule has 0 radical (unpaired) electrons. The van der Waals surface area contributed by atoms with Gasteiger partial charge in [0.2, 0.25) is 0 Å². The largest absolute Gasteiger partial charge is 0.496 e. The van der Waals surface area contributed by atoms with Gasteiger partial charge in [0.15, 0.2) is 0 Å². The number of amides is 1. The summed E-state index contributed by atoms with van der Waals surface area (Å²) < 4.78 is 36.1. The molecule has 208 valence electrons. The number of sulfonamides is 1. The maximum atomic E-state index is 13.7. The monoisotopic (exact) mass is 642 g/mol. The number of nitrogens with zero attached hydrogens (tertiary/aromatic N) is 3. The Morgan fingerprint density at radius 1 is 1.07 bits per heavy atom. The van der Waals surface area contributed by atoms with Crippen LogP contribution in [0.25, 0.3) is 5.69 Å². The van der Waals surface area contributed by atoms with Gasteiger partial charge in [0.05, 0.1) is 28.4 Å². The molecule has 40 heavy (non-hydrogen) atoms. The summed E-state index contributed by atoms with van der Waals surface area (Å²) in [5.41, 5.74) is 7.35. The Bertz CT molecular complexity index is 1680. The third-order valence-electron chi connectivity index (χ3n) is 6.25. The number of hydrogen-bond acceptors (Lipinski definition) is 5. The zero-order valence-corrected chi connectivity index (χ0v) is 25.5. The molecule has 0 atom stereocenters. The quantitative estimate of drug-likeness (QED) is 0.174. The van der Waals surface area contributed by atoms with Crippen LogP contribution in [-0.4, -0.2) is 38.8 Å². The number of ether oxygens (including phenoxy) is 1. The fraction of sp³-hybridized carbons (Fsp3) is 0.172. The van der Waals surface area contributed by atoms with Gasteiger partial charge in [-0.3, -0.25) is 9.10 Å². The standard InChI is InChI=1S/C29H28BrClN4O4S/c1-19-8-10-24(11-9-19)34(40(37,38)26-12-13-28(39-4)27(30)16-26)18-29(36)33-32-17-22-14-20(2)35(21(22)3)25-7-5-6-23(31)15-25/h5-17H,18H2,1-4H3,(H,33,36)/b32-17-. The highest BCUT2D eigenvalue weighted by molar-refractivity contribution is 9.10. The number of halogens is 2. The molecule has 0 saturated heterocycles. The fourth-order valence-corrected chi connectivity index (χ4v) is 6.56. The van der Waals surface area contributed by atoms with Crippen molar-refractivity contribution in [3.63, 3.8) is 0 Å². The van der Waals surface area contributed by atoms with Crippen LogP contribution in [0.1, 0.15) is 22.5 Å². The van der Waals surface area contributed by atoms with Gasteiger partial charge in [0.1, 0.15) is 12.3 Å². The van der Waals surface area contributed by atoms with Crippen LogP contribution in [0.5, 0.6) is 5.75 Å². The average molecular weight is 644 g/mol. The van der Waals surface area contributed by atoms with Crippen molar-refractivity contribution in [2.75, 3.05) is 18.0 Å². The van der Waals surface area contributed by atoms with Crippen LogP contribution >= 0.6 is 27.5 Å². The van der Waals surface area contributed by atoms with E-state index < -0.39 is 22.5 Å². The van der Waals surface area contributed by atoms with E-state index in [-0.39, 0.29) is 4.90 Å². The highest BCUT2D eigenvalue weighted by Gasteiger charge is 2.28. The summed E-state index contributed by atoms with van der Waals surface area (Å²) in [6.07, 6.45) is 1.53. The summed E-state index contributed by atoms with van der Waals surface area (Å²) in [6, 6.07) is 20.8. The van der Waals surface area contributed by atoms with Gasteiger partial charge in [-0.25, -0.2) is 13.8 Å². The normalized spacial score (nSPS) is 11.6. The summed E-state index contributed by atoms with van der Waals surface area (Å²) in [5, 5.41) is 4.74. The Labute approximate surface area is 247 Å². The minimum Gasteiger partial charge on any atom is -0.496 e. The predicted octanol–water partition coefficient (Wildman–Crippen LogP) is 6.17. The number of aromatic nitrogens is 1. The molecule has 0 aliphatic rings. The molecule has 0 fully saturated rings. The van der Waals surface area contributed by atoms with Gasteiger partial charge in [-0.15, -0.1) is 0 Å². The number of nitrogens with one attached hydrogen (secondary N) is 1. The number of rotatable bonds is 9. The van der Waals surface area contributed by atoms with E-state index in [1.165, 1.54) is 25.5 Å². The van der Waals surface area contributed by atoms with Crippen LogP contribution in [0.3, 0.4) is 0 Å². The molecule has 0 spiro atoms. The van der Waals surface area contributed by atoms with E-state index >= 15 is 0 Å². The Hall–Kier alpha value is -3.60. The molecule has 4 rings (SSSR count). The fourth-order valence-electron chi connectivity index (χ4n) is 4.23. The Morgan fingerprint density at radius 2 is 1.80 bits per heavy atom. The van der Waals surface area contributed by atoms with Crippen molar-refractivity contribution in [3.05, 3.63) is 105 Å². The Morgan fingerprint density at radius 3 is 2.45 bits per heavy atom. The zero-order chi connectivity index (χ0) is 29.0. The molecule has 1 aromatic heterocycles. The van der Waals surface area contributed by atoms with Gasteiger partial charge in [-0.1, -0.05) is 35.4 Å². The van der Waals surface area contributed by atoms with Gasteiger partial charge in [0, 0.05) is 27.7 Å². The molecule has 11 heteroatoms. The van der Waals surface area contributed by atoms with Crippen LogP contribution in [0.4, 0.5) is 5.69 Å². The summed E-state index contributed by atoms with van der Waals surface area (Å²) in [7, 11) is -2.62. The molecule has 0 saturated carbocycles. The second-order valence-electron chi connectivity index (χ2n) is 9.08. The molecule has 0 aliphatic heterocycles. The number of hydrazone groups is 1. The number of benzene rings is 3. The van der Waals surface area contributed by atoms with E-state index in [4.69, 9.17) is 16.3 Å². The number of carbonyl (C=O) groups is 1. The van der Waals surface area contributed by atoms with Gasteiger partial charge in [-0.05, 0) is 91.3 Å². The Balaban J connectivity index is 1.57. The second kappa shape index (κ2) is 12.3. The van der Waals surface area contributed by atoms with E-state index in [1.54, 1.807) is 30.3 Å². The third kappa shape index (κ3) is 6.41. The van der Waals surface area contributed by atoms with Gasteiger partial charge >= 0.3 is 0 Å². The smallest absolute Gasteiger partial charge is 0.264 e. The first kappa shape index (κ1) is 29.4. The lowest BCUT2D eigenvalue weighted by atomic mass is 10.2. The van der Waals surface area contributed by atoms with Gasteiger partial charge < -0.3 is 9.30 Å². The van der Waals surface area contributed by atoms with Crippen molar-refractivity contribution < 1.29 is 17.9 Å². The summed E-state index contributed by atoms with van der Waals surface area (Å²) in [5.74, 6) is -0.112. The van der Waals surface area contributed by atoms with Crippen molar-refractivity contribution in [3.8, 4) is 11.4 Å². The van der Waals surface area contributed by atoms with E-state index in [0.29, 0.717) is 20.9 Å². The average Bonchev–Trinajstić information content (AvgIpc) is 3.20. The van der Waals surface area contributed by atoms with Crippen LogP contribution in [-0.2, 0) is 14.8 Å². The number of aryl methyl sites for hydroxylation is 2. The lowest BCUT2D eigenvalue weighted by molar-refractivity contribution is -0.119. The maximum Gasteiger partial charge on any atom is 0.264 e. The highest BCUT2D eigenvalue weighted by atomic mass is 79.9. The third-order valence-corrected chi connectivity index (χ3v) is 8.87. The lowest BCUT2D eigenvalue weighted by Crippen LogP contribution is -2.39. The Kier molecular flexibility index (Phi) is 9.02. The molecule has 1 amide bonds. The molecule has 3 aromatic carbocycles. The maximum absolute atomic E-state index is 13.7. The van der Waals surface area contributed by atoms with E-state index in [2.05, 4.69) is 26.5 Å². The number of anilines is 1. The van der Waals surface area contributed by atoms with E-state index in [0.717, 1.165) is 32.5 Å². The van der Waals surface area contributed by atoms with Crippen molar-refractivity contribution >= 4 is 55.4 Å². The molecule has 0 unspecified atom stereocenters. The molecule has 1 heterocycles. The topological polar surface area (TPSA) is 93.0 Å². The highest BCUT2D eigenvalue weighted by Crippen LogP contribution is 2.31. The summed E-state index contributed by atoms with van der Waals surface area (Å²) >= 11 is 9.51. The van der Waals surface area contributed by atoms with Crippen LogP contribution < -0.4 is 14.5 Å². The minimum atomic E-state index is -4.11. The molecule has 4 aromatic rings. The summed E-state index contributed by atoms with van der Waals surface area (Å²) in [4.78, 5) is 13.0. The number of carbonyl (C=O) groups excluding carboxylic acids is 1. The molecule has 1 N–H and O–H groups in total. The lowest BCUT2D eigenvalue weighted by Gasteiger charge is -2.24.